The lowest BCUT2D eigenvalue weighted by atomic mass is 10.1. The van der Waals surface area contributed by atoms with Gasteiger partial charge in [-0.05, 0) is 47.0 Å². The molecule has 3 aromatic rings. The first-order chi connectivity index (χ1) is 15.5. The van der Waals surface area contributed by atoms with E-state index in [-0.39, 0.29) is 11.5 Å². The number of hydrogen-bond donors (Lipinski definition) is 1. The maximum absolute atomic E-state index is 12.9. The summed E-state index contributed by atoms with van der Waals surface area (Å²) in [5.41, 5.74) is 2.99. The highest BCUT2D eigenvalue weighted by Gasteiger charge is 2.32. The third-order valence-electron chi connectivity index (χ3n) is 4.84. The van der Waals surface area contributed by atoms with E-state index >= 15 is 0 Å². The third kappa shape index (κ3) is 5.25. The molecule has 0 aliphatic carbocycles. The molecule has 0 unspecified atom stereocenters. The quantitative estimate of drug-likeness (QED) is 0.377. The fourth-order valence-corrected chi connectivity index (χ4v) is 4.38. The normalized spacial score (nSPS) is 14.8. The fourth-order valence-electron chi connectivity index (χ4n) is 3.12. The molecular formula is C25H19NO4S2. The smallest absolute Gasteiger partial charge is 0.335 e. The number of carbonyl (C=O) groups is 2. The lowest BCUT2D eigenvalue weighted by Gasteiger charge is -2.14. The van der Waals surface area contributed by atoms with Gasteiger partial charge in [0.05, 0.1) is 17.0 Å². The molecule has 0 bridgehead atoms. The Morgan fingerprint density at radius 2 is 1.66 bits per heavy atom. The zero-order valence-corrected chi connectivity index (χ0v) is 18.6. The van der Waals surface area contributed by atoms with E-state index in [4.69, 9.17) is 22.1 Å². The number of amides is 1. The van der Waals surface area contributed by atoms with E-state index in [1.54, 1.807) is 12.1 Å². The zero-order chi connectivity index (χ0) is 22.5. The lowest BCUT2D eigenvalue weighted by molar-refractivity contribution is -0.122. The predicted molar refractivity (Wildman–Crippen MR) is 129 cm³/mol. The summed E-state index contributed by atoms with van der Waals surface area (Å²) in [7, 11) is 0. The Balaban J connectivity index is 1.40. The van der Waals surface area contributed by atoms with Gasteiger partial charge in [-0.2, -0.15) is 0 Å². The van der Waals surface area contributed by atoms with Crippen LogP contribution in [-0.4, -0.2) is 26.2 Å². The van der Waals surface area contributed by atoms with Gasteiger partial charge in [0.15, 0.2) is 0 Å². The van der Waals surface area contributed by atoms with Gasteiger partial charge in [-0.25, -0.2) is 4.79 Å². The molecule has 0 aromatic heterocycles. The maximum Gasteiger partial charge on any atom is 0.335 e. The van der Waals surface area contributed by atoms with Crippen molar-refractivity contribution in [3.63, 3.8) is 0 Å². The summed E-state index contributed by atoms with van der Waals surface area (Å²) in [6.07, 6.45) is 1.81. The van der Waals surface area contributed by atoms with Crippen molar-refractivity contribution in [3.8, 4) is 5.75 Å². The maximum atomic E-state index is 12.9. The molecule has 0 atom stereocenters. The van der Waals surface area contributed by atoms with Crippen molar-refractivity contribution in [2.24, 2.45) is 0 Å². The fraction of sp³-hybridized carbons (Fsp3) is 0.0800. The molecule has 3 aromatic carbocycles. The predicted octanol–water partition coefficient (Wildman–Crippen LogP) is 5.37. The van der Waals surface area contributed by atoms with Gasteiger partial charge in [-0.3, -0.25) is 9.69 Å². The van der Waals surface area contributed by atoms with Gasteiger partial charge in [-0.15, -0.1) is 0 Å². The van der Waals surface area contributed by atoms with E-state index in [2.05, 4.69) is 0 Å². The van der Waals surface area contributed by atoms with Gasteiger partial charge >= 0.3 is 5.97 Å². The summed E-state index contributed by atoms with van der Waals surface area (Å²) in [5.74, 6) is -0.392. The molecule has 1 aliphatic rings. The number of rotatable bonds is 7. The average Bonchev–Trinajstić information content (AvgIpc) is 3.07. The number of carboxylic acid groups (broad SMARTS) is 1. The molecule has 0 spiro atoms. The Hall–Kier alpha value is -3.42. The van der Waals surface area contributed by atoms with Crippen LogP contribution in [0.2, 0.25) is 0 Å². The molecule has 1 fully saturated rings. The highest BCUT2D eigenvalue weighted by atomic mass is 32.2. The minimum atomic E-state index is -0.985. The highest BCUT2D eigenvalue weighted by molar-refractivity contribution is 8.26. The Morgan fingerprint density at radius 3 is 2.31 bits per heavy atom. The van der Waals surface area contributed by atoms with E-state index in [0.29, 0.717) is 22.4 Å². The molecule has 160 valence electrons. The summed E-state index contributed by atoms with van der Waals surface area (Å²) in [6, 6.07) is 23.9. The first kappa shape index (κ1) is 21.8. The van der Waals surface area contributed by atoms with Gasteiger partial charge in [0, 0.05) is 0 Å². The number of nitrogens with zero attached hydrogens (tertiary/aromatic N) is 1. The van der Waals surface area contributed by atoms with Crippen molar-refractivity contribution in [2.45, 2.75) is 13.2 Å². The summed E-state index contributed by atoms with van der Waals surface area (Å²) in [5, 5.41) is 9.01. The van der Waals surface area contributed by atoms with Crippen LogP contribution in [0.4, 0.5) is 0 Å². The molecule has 0 radical (unpaired) electrons. The number of aromatic carboxylic acids is 1. The van der Waals surface area contributed by atoms with E-state index < -0.39 is 5.97 Å². The van der Waals surface area contributed by atoms with Crippen LogP contribution in [0, 0.1) is 0 Å². The number of thiocarbonyl (C=S) groups is 1. The van der Waals surface area contributed by atoms with Crippen molar-refractivity contribution in [1.82, 2.24) is 4.90 Å². The van der Waals surface area contributed by atoms with Crippen LogP contribution in [0.5, 0.6) is 5.75 Å². The molecule has 1 heterocycles. The molecule has 0 saturated carbocycles. The van der Waals surface area contributed by atoms with E-state index in [1.807, 2.05) is 60.7 Å². The van der Waals surface area contributed by atoms with Gasteiger partial charge in [-0.1, -0.05) is 78.6 Å². The minimum Gasteiger partial charge on any atom is -0.489 e. The van der Waals surface area contributed by atoms with E-state index in [1.165, 1.54) is 28.8 Å². The first-order valence-corrected chi connectivity index (χ1v) is 11.1. The molecule has 32 heavy (non-hydrogen) atoms. The number of carbonyl (C=O) groups excluding carboxylic acids is 1. The Labute approximate surface area is 195 Å². The molecule has 1 N–H and O–H groups in total. The van der Waals surface area contributed by atoms with Crippen LogP contribution < -0.4 is 4.74 Å². The standard InChI is InChI=1S/C25H19NO4S2/c27-23-22(32-25(31)26(23)15-18-6-10-20(11-7-18)24(28)29)14-17-8-12-21(13-9-17)30-16-19-4-2-1-3-5-19/h1-14H,15-16H2,(H,28,29)/b22-14-. The Morgan fingerprint density at radius 1 is 0.969 bits per heavy atom. The lowest BCUT2D eigenvalue weighted by Crippen LogP contribution is -2.27. The second-order valence-electron chi connectivity index (χ2n) is 7.11. The van der Waals surface area contributed by atoms with Gasteiger partial charge < -0.3 is 9.84 Å². The Bertz CT molecular complexity index is 1170. The minimum absolute atomic E-state index is 0.160. The molecule has 1 saturated heterocycles. The molecule has 1 aliphatic heterocycles. The van der Waals surface area contributed by atoms with Crippen molar-refractivity contribution in [1.29, 1.82) is 0 Å². The summed E-state index contributed by atoms with van der Waals surface area (Å²) < 4.78 is 6.28. The van der Waals surface area contributed by atoms with Crippen LogP contribution >= 0.6 is 24.0 Å². The number of carboxylic acids is 1. The number of ether oxygens (including phenoxy) is 1. The average molecular weight is 462 g/mol. The summed E-state index contributed by atoms with van der Waals surface area (Å²) in [6.45, 7) is 0.792. The topological polar surface area (TPSA) is 66.8 Å². The van der Waals surface area contributed by atoms with Crippen LogP contribution in [0.3, 0.4) is 0 Å². The van der Waals surface area contributed by atoms with Crippen LogP contribution in [-0.2, 0) is 17.9 Å². The Kier molecular flexibility index (Phi) is 6.68. The first-order valence-electron chi connectivity index (χ1n) is 9.84. The van der Waals surface area contributed by atoms with Crippen LogP contribution in [0.15, 0.2) is 83.8 Å². The zero-order valence-electron chi connectivity index (χ0n) is 16.9. The second-order valence-corrected chi connectivity index (χ2v) is 8.79. The molecule has 1 amide bonds. The third-order valence-corrected chi connectivity index (χ3v) is 6.22. The van der Waals surface area contributed by atoms with Crippen molar-refractivity contribution >= 4 is 46.3 Å². The van der Waals surface area contributed by atoms with Crippen molar-refractivity contribution in [3.05, 3.63) is 106 Å². The van der Waals surface area contributed by atoms with Gasteiger partial charge in [0.2, 0.25) is 0 Å². The molecule has 7 heteroatoms. The largest absolute Gasteiger partial charge is 0.489 e. The second kappa shape index (κ2) is 9.80. The molecule has 5 nitrogen and oxygen atoms in total. The van der Waals surface area contributed by atoms with Crippen LogP contribution in [0.1, 0.15) is 27.0 Å². The van der Waals surface area contributed by atoms with E-state index in [9.17, 15) is 9.59 Å². The molecule has 4 rings (SSSR count). The number of benzene rings is 3. The number of thioether (sulfide) groups is 1. The summed E-state index contributed by atoms with van der Waals surface area (Å²) in [4.78, 5) is 25.9. The number of hydrogen-bond acceptors (Lipinski definition) is 5. The monoisotopic (exact) mass is 461 g/mol. The highest BCUT2D eigenvalue weighted by Crippen LogP contribution is 2.34. The van der Waals surface area contributed by atoms with E-state index in [0.717, 1.165) is 22.4 Å². The summed E-state index contributed by atoms with van der Waals surface area (Å²) >= 11 is 6.65. The van der Waals surface area contributed by atoms with Crippen molar-refractivity contribution in [2.75, 3.05) is 0 Å². The van der Waals surface area contributed by atoms with Crippen molar-refractivity contribution < 1.29 is 19.4 Å². The molecular weight excluding hydrogens is 442 g/mol. The van der Waals surface area contributed by atoms with Crippen LogP contribution in [0.25, 0.3) is 6.08 Å². The SMILES string of the molecule is O=C(O)c1ccc(CN2C(=O)/C(=C/c3ccc(OCc4ccccc4)cc3)SC2=S)cc1. The van der Waals surface area contributed by atoms with Gasteiger partial charge in [0.1, 0.15) is 16.7 Å². The van der Waals surface area contributed by atoms with Gasteiger partial charge in [0.25, 0.3) is 5.91 Å².